The fourth-order valence-electron chi connectivity index (χ4n) is 3.58. The smallest absolute Gasteiger partial charge is 0.225 e. The maximum atomic E-state index is 4.75. The van der Waals surface area contributed by atoms with Crippen molar-refractivity contribution in [3.63, 3.8) is 0 Å². The Morgan fingerprint density at radius 3 is 2.57 bits per heavy atom. The first-order valence-corrected chi connectivity index (χ1v) is 10.1. The van der Waals surface area contributed by atoms with Gasteiger partial charge in [-0.1, -0.05) is 19.3 Å². The molecule has 0 spiro atoms. The van der Waals surface area contributed by atoms with E-state index in [1.54, 1.807) is 6.20 Å². The second-order valence-electron chi connectivity index (χ2n) is 7.22. The van der Waals surface area contributed by atoms with Gasteiger partial charge in [0, 0.05) is 49.0 Å². The summed E-state index contributed by atoms with van der Waals surface area (Å²) < 4.78 is 0. The van der Waals surface area contributed by atoms with E-state index >= 15 is 0 Å². The summed E-state index contributed by atoms with van der Waals surface area (Å²) in [7, 11) is 0. The monoisotopic (exact) mass is 374 g/mol. The molecule has 1 aliphatic carbocycles. The molecule has 0 radical (unpaired) electrons. The molecule has 0 atom stereocenters. The van der Waals surface area contributed by atoms with Crippen LogP contribution in [0.3, 0.4) is 0 Å². The summed E-state index contributed by atoms with van der Waals surface area (Å²) in [6, 6.07) is 10.5. The molecule has 6 nitrogen and oxygen atoms in total. The molecule has 0 bridgehead atoms. The number of hydrogen-bond acceptors (Lipinski definition) is 6. The molecule has 1 aliphatic rings. The first-order valence-electron chi connectivity index (χ1n) is 10.1. The maximum absolute atomic E-state index is 4.75. The third-order valence-corrected chi connectivity index (χ3v) is 5.09. The molecule has 4 rings (SSSR count). The van der Waals surface area contributed by atoms with Crippen LogP contribution < -0.4 is 10.6 Å². The van der Waals surface area contributed by atoms with Gasteiger partial charge in [-0.05, 0) is 49.1 Å². The predicted octanol–water partition coefficient (Wildman–Crippen LogP) is 4.33. The Kier molecular flexibility index (Phi) is 6.07. The molecule has 3 aromatic rings. The van der Waals surface area contributed by atoms with Gasteiger partial charge in [-0.3, -0.25) is 9.97 Å². The molecule has 6 heteroatoms. The minimum atomic E-state index is 0.461. The van der Waals surface area contributed by atoms with Crippen molar-refractivity contribution in [1.82, 2.24) is 19.9 Å². The van der Waals surface area contributed by atoms with E-state index in [4.69, 9.17) is 9.97 Å². The lowest BCUT2D eigenvalue weighted by molar-refractivity contribution is 0.461. The molecular weight excluding hydrogens is 348 g/mol. The first-order chi connectivity index (χ1) is 13.9. The number of pyridine rings is 2. The summed E-state index contributed by atoms with van der Waals surface area (Å²) >= 11 is 0. The SMILES string of the molecule is c1cncc(-c2cc(NCCc3ccncc3)nc(NC3CCCCC3)n2)c1. The molecular formula is C22H26N6. The van der Waals surface area contributed by atoms with Crippen LogP contribution in [0.1, 0.15) is 37.7 Å². The minimum absolute atomic E-state index is 0.461. The second-order valence-corrected chi connectivity index (χ2v) is 7.22. The van der Waals surface area contributed by atoms with Crippen LogP contribution in [0, 0.1) is 0 Å². The van der Waals surface area contributed by atoms with Crippen molar-refractivity contribution in [3.05, 3.63) is 60.7 Å². The lowest BCUT2D eigenvalue weighted by Crippen LogP contribution is -2.24. The van der Waals surface area contributed by atoms with Gasteiger partial charge in [-0.2, -0.15) is 4.98 Å². The van der Waals surface area contributed by atoms with Gasteiger partial charge >= 0.3 is 0 Å². The molecule has 0 amide bonds. The van der Waals surface area contributed by atoms with E-state index in [-0.39, 0.29) is 0 Å². The fourth-order valence-corrected chi connectivity index (χ4v) is 3.58. The van der Waals surface area contributed by atoms with Crippen molar-refractivity contribution in [3.8, 4) is 11.3 Å². The average molecular weight is 374 g/mol. The standard InChI is InChI=1S/C22H26N6/c1-2-6-19(7-3-1)26-22-27-20(18-5-4-11-24-16-18)15-21(28-22)25-14-10-17-8-12-23-13-9-17/h4-5,8-9,11-13,15-16,19H,1-3,6-7,10,14H2,(H2,25,26,27,28). The van der Waals surface area contributed by atoms with Crippen molar-refractivity contribution in [1.29, 1.82) is 0 Å². The summed E-state index contributed by atoms with van der Waals surface area (Å²) in [5.74, 6) is 1.53. The highest BCUT2D eigenvalue weighted by molar-refractivity contribution is 5.63. The average Bonchev–Trinajstić information content (AvgIpc) is 2.76. The van der Waals surface area contributed by atoms with Gasteiger partial charge < -0.3 is 10.6 Å². The zero-order valence-corrected chi connectivity index (χ0v) is 16.0. The van der Waals surface area contributed by atoms with E-state index in [1.807, 2.05) is 48.9 Å². The first kappa shape index (κ1) is 18.3. The number of hydrogen-bond donors (Lipinski definition) is 2. The number of nitrogens with one attached hydrogen (secondary N) is 2. The number of nitrogens with zero attached hydrogens (tertiary/aromatic N) is 4. The van der Waals surface area contributed by atoms with Crippen LogP contribution in [0.2, 0.25) is 0 Å². The highest BCUT2D eigenvalue weighted by Crippen LogP contribution is 2.24. The molecule has 1 saturated carbocycles. The molecule has 3 aromatic heterocycles. The summed E-state index contributed by atoms with van der Waals surface area (Å²) in [6.07, 6.45) is 14.4. The lowest BCUT2D eigenvalue weighted by atomic mass is 9.96. The molecule has 0 unspecified atom stereocenters. The number of aromatic nitrogens is 4. The lowest BCUT2D eigenvalue weighted by Gasteiger charge is -2.23. The van der Waals surface area contributed by atoms with Gasteiger partial charge in [0.25, 0.3) is 0 Å². The van der Waals surface area contributed by atoms with Crippen molar-refractivity contribution in [2.75, 3.05) is 17.2 Å². The highest BCUT2D eigenvalue weighted by Gasteiger charge is 2.15. The van der Waals surface area contributed by atoms with Gasteiger partial charge in [-0.25, -0.2) is 4.98 Å². The molecule has 0 aliphatic heterocycles. The van der Waals surface area contributed by atoms with Crippen LogP contribution in [-0.4, -0.2) is 32.5 Å². The number of rotatable bonds is 7. The van der Waals surface area contributed by atoms with Crippen LogP contribution in [0.4, 0.5) is 11.8 Å². The van der Waals surface area contributed by atoms with Crippen LogP contribution in [0.15, 0.2) is 55.1 Å². The van der Waals surface area contributed by atoms with Crippen LogP contribution in [-0.2, 0) is 6.42 Å². The molecule has 0 aromatic carbocycles. The topological polar surface area (TPSA) is 75.6 Å². The van der Waals surface area contributed by atoms with Crippen molar-refractivity contribution < 1.29 is 0 Å². The summed E-state index contributed by atoms with van der Waals surface area (Å²) in [5.41, 5.74) is 3.13. The van der Waals surface area contributed by atoms with E-state index in [0.717, 1.165) is 30.0 Å². The molecule has 28 heavy (non-hydrogen) atoms. The van der Waals surface area contributed by atoms with E-state index in [0.29, 0.717) is 12.0 Å². The predicted molar refractivity (Wildman–Crippen MR) is 112 cm³/mol. The minimum Gasteiger partial charge on any atom is -0.370 e. The summed E-state index contributed by atoms with van der Waals surface area (Å²) in [5, 5.41) is 7.00. The Morgan fingerprint density at radius 1 is 0.929 bits per heavy atom. The Labute approximate surface area is 165 Å². The highest BCUT2D eigenvalue weighted by atomic mass is 15.2. The van der Waals surface area contributed by atoms with Crippen molar-refractivity contribution in [2.45, 2.75) is 44.6 Å². The van der Waals surface area contributed by atoms with E-state index in [9.17, 15) is 0 Å². The third kappa shape index (κ3) is 5.03. The van der Waals surface area contributed by atoms with E-state index in [1.165, 1.54) is 37.7 Å². The zero-order chi connectivity index (χ0) is 19.0. The Morgan fingerprint density at radius 2 is 1.79 bits per heavy atom. The van der Waals surface area contributed by atoms with Gasteiger partial charge in [0.15, 0.2) is 0 Å². The Hall–Kier alpha value is -3.02. The second kappa shape index (κ2) is 9.26. The van der Waals surface area contributed by atoms with Crippen LogP contribution in [0.5, 0.6) is 0 Å². The normalized spacial score (nSPS) is 14.6. The molecule has 2 N–H and O–H groups in total. The Balaban J connectivity index is 1.51. The summed E-state index contributed by atoms with van der Waals surface area (Å²) in [4.78, 5) is 17.8. The third-order valence-electron chi connectivity index (χ3n) is 5.09. The molecule has 1 fully saturated rings. The van der Waals surface area contributed by atoms with Gasteiger partial charge in [-0.15, -0.1) is 0 Å². The van der Waals surface area contributed by atoms with Crippen molar-refractivity contribution in [2.24, 2.45) is 0 Å². The maximum Gasteiger partial charge on any atom is 0.225 e. The molecule has 144 valence electrons. The van der Waals surface area contributed by atoms with E-state index in [2.05, 4.69) is 20.6 Å². The Bertz CT molecular complexity index is 863. The fraction of sp³-hybridized carbons (Fsp3) is 0.364. The van der Waals surface area contributed by atoms with Gasteiger partial charge in [0.05, 0.1) is 5.69 Å². The molecule has 0 saturated heterocycles. The quantitative estimate of drug-likeness (QED) is 0.641. The van der Waals surface area contributed by atoms with Gasteiger partial charge in [0.1, 0.15) is 5.82 Å². The van der Waals surface area contributed by atoms with Crippen LogP contribution >= 0.6 is 0 Å². The van der Waals surface area contributed by atoms with Crippen molar-refractivity contribution >= 4 is 11.8 Å². The summed E-state index contributed by atoms with van der Waals surface area (Å²) in [6.45, 7) is 0.802. The van der Waals surface area contributed by atoms with Crippen LogP contribution in [0.25, 0.3) is 11.3 Å². The molecule has 3 heterocycles. The zero-order valence-electron chi connectivity index (χ0n) is 16.0. The van der Waals surface area contributed by atoms with E-state index < -0.39 is 0 Å². The van der Waals surface area contributed by atoms with Gasteiger partial charge in [0.2, 0.25) is 5.95 Å². The largest absolute Gasteiger partial charge is 0.370 e. The number of anilines is 2.